The molecule has 0 aromatic carbocycles. The average molecular weight is 289 g/mol. The minimum Gasteiger partial charge on any atom is -0.350 e. The van der Waals surface area contributed by atoms with Crippen LogP contribution in [0.25, 0.3) is 0 Å². The Hall–Kier alpha value is -1.63. The molecule has 0 bridgehead atoms. The molecule has 1 amide bonds. The summed E-state index contributed by atoms with van der Waals surface area (Å²) in [6, 6.07) is 2.19. The first-order valence-corrected chi connectivity index (χ1v) is 6.23. The molecule has 0 saturated heterocycles. The summed E-state index contributed by atoms with van der Waals surface area (Å²) in [4.78, 5) is 17.1. The SMILES string of the molecule is CN(C)CCCC(=O)NCc1ncccc1C(F)(F)F. The molecule has 0 aliphatic carbocycles. The van der Waals surface area contributed by atoms with Gasteiger partial charge in [-0.1, -0.05) is 0 Å². The van der Waals surface area contributed by atoms with Crippen molar-refractivity contribution in [1.29, 1.82) is 0 Å². The quantitative estimate of drug-likeness (QED) is 0.872. The lowest BCUT2D eigenvalue weighted by Gasteiger charge is -2.12. The Morgan fingerprint density at radius 2 is 2.10 bits per heavy atom. The van der Waals surface area contributed by atoms with Gasteiger partial charge in [-0.25, -0.2) is 0 Å². The number of aromatic nitrogens is 1. The number of hydrogen-bond acceptors (Lipinski definition) is 3. The van der Waals surface area contributed by atoms with E-state index in [-0.39, 0.29) is 24.6 Å². The van der Waals surface area contributed by atoms with Crippen LogP contribution in [0.15, 0.2) is 18.3 Å². The molecule has 0 spiro atoms. The van der Waals surface area contributed by atoms with E-state index in [0.717, 1.165) is 12.6 Å². The third-order valence-corrected chi connectivity index (χ3v) is 2.66. The molecular weight excluding hydrogens is 271 g/mol. The van der Waals surface area contributed by atoms with Gasteiger partial charge in [-0.3, -0.25) is 9.78 Å². The third-order valence-electron chi connectivity index (χ3n) is 2.66. The van der Waals surface area contributed by atoms with Crippen LogP contribution >= 0.6 is 0 Å². The van der Waals surface area contributed by atoms with Crippen LogP contribution in [0.5, 0.6) is 0 Å². The van der Waals surface area contributed by atoms with Crippen LogP contribution in [-0.4, -0.2) is 36.4 Å². The normalized spacial score (nSPS) is 11.7. The molecule has 4 nitrogen and oxygen atoms in total. The van der Waals surface area contributed by atoms with Crippen molar-refractivity contribution < 1.29 is 18.0 Å². The standard InChI is InChI=1S/C13H18F3N3O/c1-19(2)8-4-6-12(20)18-9-11-10(13(14,15)16)5-3-7-17-11/h3,5,7H,4,6,8-9H2,1-2H3,(H,18,20). The number of nitrogens with zero attached hydrogens (tertiary/aromatic N) is 2. The molecule has 0 aliphatic heterocycles. The van der Waals surface area contributed by atoms with Crippen molar-refractivity contribution in [2.75, 3.05) is 20.6 Å². The zero-order valence-corrected chi connectivity index (χ0v) is 11.5. The topological polar surface area (TPSA) is 45.2 Å². The maximum Gasteiger partial charge on any atom is 0.418 e. The van der Waals surface area contributed by atoms with Gasteiger partial charge in [0, 0.05) is 12.6 Å². The van der Waals surface area contributed by atoms with Gasteiger partial charge in [0.15, 0.2) is 0 Å². The molecule has 0 fully saturated rings. The summed E-state index contributed by atoms with van der Waals surface area (Å²) in [5, 5.41) is 2.47. The highest BCUT2D eigenvalue weighted by molar-refractivity contribution is 5.75. The predicted octanol–water partition coefficient (Wildman–Crippen LogP) is 2.06. The molecular formula is C13H18F3N3O. The number of halogens is 3. The van der Waals surface area contributed by atoms with Gasteiger partial charge in [0.2, 0.25) is 5.91 Å². The van der Waals surface area contributed by atoms with E-state index in [9.17, 15) is 18.0 Å². The van der Waals surface area contributed by atoms with Crippen molar-refractivity contribution in [1.82, 2.24) is 15.2 Å². The number of alkyl halides is 3. The Kier molecular flexibility index (Phi) is 5.94. The first kappa shape index (κ1) is 16.4. The molecule has 112 valence electrons. The zero-order chi connectivity index (χ0) is 15.2. The van der Waals surface area contributed by atoms with E-state index in [4.69, 9.17) is 0 Å². The summed E-state index contributed by atoms with van der Waals surface area (Å²) in [6.07, 6.45) is -2.23. The minimum atomic E-state index is -4.46. The Labute approximate surface area is 116 Å². The highest BCUT2D eigenvalue weighted by atomic mass is 19.4. The number of amides is 1. The number of rotatable bonds is 6. The summed E-state index contributed by atoms with van der Waals surface area (Å²) >= 11 is 0. The molecule has 20 heavy (non-hydrogen) atoms. The first-order valence-electron chi connectivity index (χ1n) is 6.23. The van der Waals surface area contributed by atoms with Gasteiger partial charge in [0.05, 0.1) is 17.8 Å². The van der Waals surface area contributed by atoms with Gasteiger partial charge in [-0.15, -0.1) is 0 Å². The van der Waals surface area contributed by atoms with Crippen LogP contribution in [0.2, 0.25) is 0 Å². The van der Waals surface area contributed by atoms with E-state index in [2.05, 4.69) is 10.3 Å². The number of hydrogen-bond donors (Lipinski definition) is 1. The second-order valence-electron chi connectivity index (χ2n) is 4.68. The highest BCUT2D eigenvalue weighted by Gasteiger charge is 2.33. The zero-order valence-electron chi connectivity index (χ0n) is 11.5. The molecule has 1 aromatic rings. The third kappa shape index (κ3) is 5.56. The maximum absolute atomic E-state index is 12.7. The lowest BCUT2D eigenvalue weighted by Crippen LogP contribution is -2.26. The average Bonchev–Trinajstić information content (AvgIpc) is 2.35. The molecule has 1 aromatic heterocycles. The summed E-state index contributed by atoms with van der Waals surface area (Å²) in [6.45, 7) is 0.543. The van der Waals surface area contributed by atoms with Crippen LogP contribution in [0.3, 0.4) is 0 Å². The van der Waals surface area contributed by atoms with E-state index in [0.29, 0.717) is 6.42 Å². The van der Waals surface area contributed by atoms with E-state index in [1.807, 2.05) is 19.0 Å². The van der Waals surface area contributed by atoms with Crippen LogP contribution in [0, 0.1) is 0 Å². The van der Waals surface area contributed by atoms with Gasteiger partial charge in [-0.2, -0.15) is 13.2 Å². The molecule has 0 saturated carbocycles. The van der Waals surface area contributed by atoms with Crippen LogP contribution < -0.4 is 5.32 Å². The van der Waals surface area contributed by atoms with Crippen LogP contribution in [0.1, 0.15) is 24.1 Å². The molecule has 0 atom stereocenters. The van der Waals surface area contributed by atoms with Crippen LogP contribution in [-0.2, 0) is 17.5 Å². The Morgan fingerprint density at radius 3 is 2.70 bits per heavy atom. The van der Waals surface area contributed by atoms with Crippen molar-refractivity contribution in [2.24, 2.45) is 0 Å². The molecule has 1 heterocycles. The first-order chi connectivity index (χ1) is 9.30. The van der Waals surface area contributed by atoms with Gasteiger partial charge < -0.3 is 10.2 Å². The van der Waals surface area contributed by atoms with Crippen molar-refractivity contribution in [3.05, 3.63) is 29.6 Å². The monoisotopic (exact) mass is 289 g/mol. The highest BCUT2D eigenvalue weighted by Crippen LogP contribution is 2.30. The molecule has 0 radical (unpaired) electrons. The lowest BCUT2D eigenvalue weighted by molar-refractivity contribution is -0.138. The summed E-state index contributed by atoms with van der Waals surface area (Å²) in [5.41, 5.74) is -0.977. The Balaban J connectivity index is 2.52. The van der Waals surface area contributed by atoms with E-state index in [1.54, 1.807) is 0 Å². The molecule has 1 N–H and O–H groups in total. The van der Waals surface area contributed by atoms with E-state index < -0.39 is 11.7 Å². The van der Waals surface area contributed by atoms with Crippen LogP contribution in [0.4, 0.5) is 13.2 Å². The molecule has 0 aliphatic rings. The van der Waals surface area contributed by atoms with E-state index >= 15 is 0 Å². The number of pyridine rings is 1. The molecule has 7 heteroatoms. The second-order valence-corrected chi connectivity index (χ2v) is 4.68. The van der Waals surface area contributed by atoms with Crippen molar-refractivity contribution in [3.63, 3.8) is 0 Å². The fourth-order valence-electron chi connectivity index (χ4n) is 1.66. The fourth-order valence-corrected chi connectivity index (χ4v) is 1.66. The summed E-state index contributed by atoms with van der Waals surface area (Å²) in [5.74, 6) is -0.273. The lowest BCUT2D eigenvalue weighted by atomic mass is 10.2. The summed E-state index contributed by atoms with van der Waals surface area (Å²) in [7, 11) is 3.78. The minimum absolute atomic E-state index is 0.166. The molecule has 0 unspecified atom stereocenters. The van der Waals surface area contributed by atoms with Gasteiger partial charge in [0.1, 0.15) is 0 Å². The fraction of sp³-hybridized carbons (Fsp3) is 0.538. The van der Waals surface area contributed by atoms with Gasteiger partial charge in [-0.05, 0) is 39.2 Å². The predicted molar refractivity (Wildman–Crippen MR) is 68.9 cm³/mol. The number of carbonyl (C=O) groups excluding carboxylic acids is 1. The van der Waals surface area contributed by atoms with Gasteiger partial charge >= 0.3 is 6.18 Å². The maximum atomic E-state index is 12.7. The second kappa shape index (κ2) is 7.23. The Morgan fingerprint density at radius 1 is 1.40 bits per heavy atom. The summed E-state index contributed by atoms with van der Waals surface area (Å²) < 4.78 is 38.1. The van der Waals surface area contributed by atoms with Crippen molar-refractivity contribution >= 4 is 5.91 Å². The van der Waals surface area contributed by atoms with Gasteiger partial charge in [0.25, 0.3) is 0 Å². The number of nitrogens with one attached hydrogen (secondary N) is 1. The van der Waals surface area contributed by atoms with Crippen molar-refractivity contribution in [2.45, 2.75) is 25.6 Å². The molecule has 1 rings (SSSR count). The largest absolute Gasteiger partial charge is 0.418 e. The Bertz CT molecular complexity index is 447. The number of carbonyl (C=O) groups is 1. The van der Waals surface area contributed by atoms with E-state index in [1.165, 1.54) is 12.3 Å². The smallest absolute Gasteiger partial charge is 0.350 e. The van der Waals surface area contributed by atoms with Crippen molar-refractivity contribution in [3.8, 4) is 0 Å².